The first-order valence-corrected chi connectivity index (χ1v) is 8.70. The van der Waals surface area contributed by atoms with Crippen molar-refractivity contribution in [2.24, 2.45) is 5.10 Å². The Morgan fingerprint density at radius 1 is 1.36 bits per heavy atom. The maximum absolute atomic E-state index is 12.2. The molecular formula is C17H15ClN4O2S. The molecule has 2 N–H and O–H groups in total. The van der Waals surface area contributed by atoms with E-state index in [1.807, 2.05) is 13.8 Å². The summed E-state index contributed by atoms with van der Waals surface area (Å²) in [7, 11) is 0. The van der Waals surface area contributed by atoms with Crippen LogP contribution in [0.1, 0.15) is 21.8 Å². The van der Waals surface area contributed by atoms with E-state index in [1.54, 1.807) is 24.3 Å². The fourth-order valence-corrected chi connectivity index (χ4v) is 3.48. The number of amides is 1. The van der Waals surface area contributed by atoms with Gasteiger partial charge in [-0.25, -0.2) is 10.4 Å². The lowest BCUT2D eigenvalue weighted by molar-refractivity contribution is -0.120. The van der Waals surface area contributed by atoms with E-state index in [0.29, 0.717) is 21.1 Å². The number of carbonyl (C=O) groups excluding carboxylic acids is 1. The summed E-state index contributed by atoms with van der Waals surface area (Å²) in [6.07, 6.45) is 1.46. The highest BCUT2D eigenvalue weighted by atomic mass is 35.5. The third kappa shape index (κ3) is 3.94. The summed E-state index contributed by atoms with van der Waals surface area (Å²) in [5.41, 5.74) is 3.93. The predicted molar refractivity (Wildman–Crippen MR) is 101 cm³/mol. The van der Waals surface area contributed by atoms with E-state index in [9.17, 15) is 9.59 Å². The van der Waals surface area contributed by atoms with Gasteiger partial charge < -0.3 is 4.98 Å². The molecule has 6 nitrogen and oxygen atoms in total. The molecule has 3 rings (SSSR count). The molecule has 0 unspecified atom stereocenters. The number of hydrazone groups is 1. The average Bonchev–Trinajstić information content (AvgIpc) is 2.84. The molecule has 1 aromatic carbocycles. The third-order valence-electron chi connectivity index (χ3n) is 3.69. The van der Waals surface area contributed by atoms with Crippen LogP contribution >= 0.6 is 22.9 Å². The van der Waals surface area contributed by atoms with Crippen molar-refractivity contribution < 1.29 is 4.79 Å². The van der Waals surface area contributed by atoms with Crippen LogP contribution in [0.3, 0.4) is 0 Å². The number of rotatable bonds is 4. The molecule has 0 aliphatic carbocycles. The number of hydrogen-bond donors (Lipinski definition) is 2. The van der Waals surface area contributed by atoms with Crippen molar-refractivity contribution in [3.8, 4) is 0 Å². The highest BCUT2D eigenvalue weighted by molar-refractivity contribution is 7.18. The van der Waals surface area contributed by atoms with Crippen molar-refractivity contribution >= 4 is 45.3 Å². The Bertz CT molecular complexity index is 1020. The largest absolute Gasteiger partial charge is 0.309 e. The maximum Gasteiger partial charge on any atom is 0.259 e. The first-order chi connectivity index (χ1) is 11.9. The molecule has 0 fully saturated rings. The molecule has 128 valence electrons. The van der Waals surface area contributed by atoms with Crippen molar-refractivity contribution in [2.75, 3.05) is 0 Å². The molecule has 0 saturated carbocycles. The molecule has 2 aromatic heterocycles. The number of thiophene rings is 1. The summed E-state index contributed by atoms with van der Waals surface area (Å²) < 4.78 is 0. The summed E-state index contributed by atoms with van der Waals surface area (Å²) in [5, 5.41) is 5.11. The number of halogens is 1. The van der Waals surface area contributed by atoms with Gasteiger partial charge in [0.1, 0.15) is 10.7 Å². The Kier molecular flexibility index (Phi) is 4.96. The zero-order valence-electron chi connectivity index (χ0n) is 13.6. The van der Waals surface area contributed by atoms with E-state index in [-0.39, 0.29) is 17.9 Å². The molecule has 0 atom stereocenters. The van der Waals surface area contributed by atoms with Crippen LogP contribution in [0.2, 0.25) is 5.02 Å². The van der Waals surface area contributed by atoms with E-state index in [4.69, 9.17) is 11.6 Å². The Hall–Kier alpha value is -2.51. The van der Waals surface area contributed by atoms with Crippen LogP contribution in [0.25, 0.3) is 10.2 Å². The van der Waals surface area contributed by atoms with E-state index >= 15 is 0 Å². The number of hydrogen-bond acceptors (Lipinski definition) is 5. The van der Waals surface area contributed by atoms with E-state index in [0.717, 1.165) is 16.0 Å². The number of H-pyrrole nitrogens is 1. The zero-order valence-corrected chi connectivity index (χ0v) is 15.2. The molecular weight excluding hydrogens is 360 g/mol. The number of aromatic amines is 1. The van der Waals surface area contributed by atoms with E-state index < -0.39 is 0 Å². The standard InChI is InChI=1S/C17H15ClN4O2S/c1-9-10(2)25-17-15(9)16(24)20-13(21-17)7-14(23)22-19-8-11-3-5-12(18)6-4-11/h3-6,8H,7H2,1-2H3,(H,22,23)(H,20,21,24)/b19-8+. The minimum atomic E-state index is -0.363. The van der Waals surface area contributed by atoms with Crippen molar-refractivity contribution in [3.63, 3.8) is 0 Å². The van der Waals surface area contributed by atoms with Gasteiger partial charge in [0.25, 0.3) is 5.56 Å². The lowest BCUT2D eigenvalue weighted by Gasteiger charge is -2.01. The van der Waals surface area contributed by atoms with Crippen molar-refractivity contribution in [1.29, 1.82) is 0 Å². The highest BCUT2D eigenvalue weighted by Crippen LogP contribution is 2.25. The second-order valence-corrected chi connectivity index (χ2v) is 7.14. The van der Waals surface area contributed by atoms with Gasteiger partial charge in [-0.1, -0.05) is 23.7 Å². The molecule has 0 radical (unpaired) electrons. The van der Waals surface area contributed by atoms with Crippen LogP contribution in [0.15, 0.2) is 34.2 Å². The fraction of sp³-hybridized carbons (Fsp3) is 0.176. The van der Waals surface area contributed by atoms with Gasteiger partial charge in [-0.2, -0.15) is 5.10 Å². The maximum atomic E-state index is 12.2. The quantitative estimate of drug-likeness (QED) is 0.543. The van der Waals surface area contributed by atoms with Gasteiger partial charge in [-0.05, 0) is 37.1 Å². The van der Waals surface area contributed by atoms with E-state index in [2.05, 4.69) is 20.5 Å². The predicted octanol–water partition coefficient (Wildman–Crippen LogP) is 2.95. The number of nitrogens with zero attached hydrogens (tertiary/aromatic N) is 2. The van der Waals surface area contributed by atoms with Crippen molar-refractivity contribution in [1.82, 2.24) is 15.4 Å². The van der Waals surface area contributed by atoms with Gasteiger partial charge in [-0.3, -0.25) is 9.59 Å². The second kappa shape index (κ2) is 7.16. The molecule has 0 aliphatic heterocycles. The van der Waals surface area contributed by atoms with Crippen LogP contribution < -0.4 is 11.0 Å². The summed E-state index contributed by atoms with van der Waals surface area (Å²) >= 11 is 7.25. The summed E-state index contributed by atoms with van der Waals surface area (Å²) in [4.78, 5) is 32.9. The van der Waals surface area contributed by atoms with Crippen LogP contribution in [-0.2, 0) is 11.2 Å². The summed E-state index contributed by atoms with van der Waals surface area (Å²) in [6.45, 7) is 3.84. The first kappa shape index (κ1) is 17.3. The number of benzene rings is 1. The molecule has 8 heteroatoms. The van der Waals surface area contributed by atoms with Crippen LogP contribution in [0, 0.1) is 13.8 Å². The zero-order chi connectivity index (χ0) is 18.0. The second-order valence-electron chi connectivity index (χ2n) is 5.50. The van der Waals surface area contributed by atoms with Gasteiger partial charge in [0.05, 0.1) is 18.0 Å². The Morgan fingerprint density at radius 2 is 2.08 bits per heavy atom. The molecule has 25 heavy (non-hydrogen) atoms. The number of fused-ring (bicyclic) bond motifs is 1. The van der Waals surface area contributed by atoms with Gasteiger partial charge in [0.2, 0.25) is 5.91 Å². The first-order valence-electron chi connectivity index (χ1n) is 7.50. The molecule has 2 heterocycles. The van der Waals surface area contributed by atoms with Gasteiger partial charge >= 0.3 is 0 Å². The smallest absolute Gasteiger partial charge is 0.259 e. The fourth-order valence-electron chi connectivity index (χ4n) is 2.30. The number of carbonyl (C=O) groups is 1. The minimum absolute atomic E-state index is 0.0564. The van der Waals surface area contributed by atoms with Crippen molar-refractivity contribution in [2.45, 2.75) is 20.3 Å². The van der Waals surface area contributed by atoms with E-state index in [1.165, 1.54) is 17.6 Å². The molecule has 0 aliphatic rings. The summed E-state index contributed by atoms with van der Waals surface area (Å²) in [6, 6.07) is 7.04. The van der Waals surface area contributed by atoms with Crippen LogP contribution in [0.5, 0.6) is 0 Å². The van der Waals surface area contributed by atoms with Gasteiger partial charge in [0.15, 0.2) is 0 Å². The average molecular weight is 375 g/mol. The molecule has 1 amide bonds. The molecule has 0 saturated heterocycles. The van der Waals surface area contributed by atoms with Crippen LogP contribution in [0.4, 0.5) is 0 Å². The SMILES string of the molecule is Cc1sc2nc(CC(=O)N/N=C/c3ccc(Cl)cc3)[nH]c(=O)c2c1C. The Balaban J connectivity index is 1.69. The highest BCUT2D eigenvalue weighted by Gasteiger charge is 2.13. The molecule has 0 bridgehead atoms. The topological polar surface area (TPSA) is 87.2 Å². The molecule has 3 aromatic rings. The van der Waals surface area contributed by atoms with Gasteiger partial charge in [0, 0.05) is 9.90 Å². The van der Waals surface area contributed by atoms with Gasteiger partial charge in [-0.15, -0.1) is 11.3 Å². The molecule has 0 spiro atoms. The number of aromatic nitrogens is 2. The Morgan fingerprint density at radius 3 is 2.80 bits per heavy atom. The summed E-state index contributed by atoms with van der Waals surface area (Å²) in [5.74, 6) is -0.0457. The number of nitrogens with one attached hydrogen (secondary N) is 2. The lowest BCUT2D eigenvalue weighted by Crippen LogP contribution is -2.23. The normalized spacial score (nSPS) is 11.3. The monoisotopic (exact) mass is 374 g/mol. The number of aryl methyl sites for hydroxylation is 2. The van der Waals surface area contributed by atoms with Crippen LogP contribution in [-0.4, -0.2) is 22.1 Å². The third-order valence-corrected chi connectivity index (χ3v) is 5.04. The lowest BCUT2D eigenvalue weighted by atomic mass is 10.2. The Labute approximate surface area is 152 Å². The minimum Gasteiger partial charge on any atom is -0.309 e. The van der Waals surface area contributed by atoms with Crippen molar-refractivity contribution in [3.05, 3.63) is 61.5 Å².